The Hall–Kier alpha value is -3.58. The van der Waals surface area contributed by atoms with Crippen LogP contribution in [0.15, 0.2) is 109 Å². The molecular weight excluding hydrogens is 338 g/mol. The zero-order valence-electron chi connectivity index (χ0n) is 15.4. The van der Waals surface area contributed by atoms with Crippen molar-refractivity contribution in [2.75, 3.05) is 0 Å². The molecule has 1 aromatic heterocycles. The second-order valence-electron chi connectivity index (χ2n) is 7.38. The molecule has 0 fully saturated rings. The monoisotopic (exact) mass is 357 g/mol. The van der Waals surface area contributed by atoms with Crippen LogP contribution in [0.1, 0.15) is 22.7 Å². The summed E-state index contributed by atoms with van der Waals surface area (Å²) in [6.07, 6.45) is 0. The molecule has 6 rings (SSSR count). The molecule has 1 heteroatoms. The SMILES string of the molecule is c1ccc(-c2c3n(c4ccccc24)-c2ccccc2[C@@H]3c2ccccc2)cc1. The van der Waals surface area contributed by atoms with Crippen LogP contribution in [0.2, 0.25) is 0 Å². The Bertz CT molecular complexity index is 1280. The lowest BCUT2D eigenvalue weighted by Crippen LogP contribution is -2.01. The summed E-state index contributed by atoms with van der Waals surface area (Å²) in [6, 6.07) is 39.3. The highest BCUT2D eigenvalue weighted by atomic mass is 15.0. The van der Waals surface area contributed by atoms with E-state index in [1.54, 1.807) is 0 Å². The summed E-state index contributed by atoms with van der Waals surface area (Å²) in [6.45, 7) is 0. The molecule has 0 radical (unpaired) electrons. The Kier molecular flexibility index (Phi) is 3.30. The number of hydrogen-bond donors (Lipinski definition) is 0. The summed E-state index contributed by atoms with van der Waals surface area (Å²) in [5, 5.41) is 1.32. The summed E-state index contributed by atoms with van der Waals surface area (Å²) in [5.74, 6) is 0.236. The lowest BCUT2D eigenvalue weighted by atomic mass is 9.86. The van der Waals surface area contributed by atoms with Gasteiger partial charge in [0.25, 0.3) is 0 Å². The highest BCUT2D eigenvalue weighted by Crippen LogP contribution is 2.50. The van der Waals surface area contributed by atoms with Crippen LogP contribution >= 0.6 is 0 Å². The van der Waals surface area contributed by atoms with Crippen molar-refractivity contribution in [3.05, 3.63) is 126 Å². The van der Waals surface area contributed by atoms with E-state index in [-0.39, 0.29) is 5.92 Å². The van der Waals surface area contributed by atoms with Gasteiger partial charge in [0, 0.05) is 16.6 Å². The smallest absolute Gasteiger partial charge is 0.0538 e. The first-order chi connectivity index (χ1) is 13.9. The second kappa shape index (κ2) is 5.97. The van der Waals surface area contributed by atoms with Crippen molar-refractivity contribution in [1.29, 1.82) is 0 Å². The van der Waals surface area contributed by atoms with E-state index in [1.165, 1.54) is 44.5 Å². The molecule has 0 aliphatic carbocycles. The van der Waals surface area contributed by atoms with Crippen LogP contribution in [0.3, 0.4) is 0 Å². The van der Waals surface area contributed by atoms with Crippen molar-refractivity contribution < 1.29 is 0 Å². The van der Waals surface area contributed by atoms with Crippen LogP contribution in [0.5, 0.6) is 0 Å². The largest absolute Gasteiger partial charge is 0.312 e. The molecule has 1 atom stereocenters. The number of rotatable bonds is 2. The van der Waals surface area contributed by atoms with Gasteiger partial charge in [0.1, 0.15) is 0 Å². The number of hydrogen-bond acceptors (Lipinski definition) is 0. The van der Waals surface area contributed by atoms with E-state index in [4.69, 9.17) is 0 Å². The number of nitrogens with zero attached hydrogens (tertiary/aromatic N) is 1. The molecule has 0 N–H and O–H groups in total. The highest BCUT2D eigenvalue weighted by Gasteiger charge is 2.35. The molecule has 0 unspecified atom stereocenters. The maximum atomic E-state index is 2.48. The fraction of sp³-hybridized carbons (Fsp3) is 0.0370. The van der Waals surface area contributed by atoms with E-state index >= 15 is 0 Å². The molecule has 0 spiro atoms. The molecule has 0 saturated heterocycles. The highest BCUT2D eigenvalue weighted by molar-refractivity contribution is 6.01. The van der Waals surface area contributed by atoms with Crippen LogP contribution < -0.4 is 0 Å². The first-order valence-corrected chi connectivity index (χ1v) is 9.76. The third-order valence-electron chi connectivity index (χ3n) is 5.87. The van der Waals surface area contributed by atoms with Gasteiger partial charge in [0.05, 0.1) is 17.1 Å². The van der Waals surface area contributed by atoms with Gasteiger partial charge in [0.2, 0.25) is 0 Å². The predicted molar refractivity (Wildman–Crippen MR) is 116 cm³/mol. The standard InChI is InChI=1S/C27H19N/c1-3-11-19(12-4-1)25-21-15-7-9-17-23(21)28-24-18-10-8-16-22(24)26(27(25)28)20-13-5-2-6-14-20/h1-18,25H/t25-/m0/s1. The summed E-state index contributed by atoms with van der Waals surface area (Å²) in [4.78, 5) is 0. The third kappa shape index (κ3) is 2.07. The van der Waals surface area contributed by atoms with E-state index < -0.39 is 0 Å². The third-order valence-corrected chi connectivity index (χ3v) is 5.87. The predicted octanol–water partition coefficient (Wildman–Crippen LogP) is 6.79. The Labute approximate surface area is 164 Å². The van der Waals surface area contributed by atoms with Gasteiger partial charge in [-0.15, -0.1) is 0 Å². The fourth-order valence-electron chi connectivity index (χ4n) is 4.77. The van der Waals surface area contributed by atoms with Gasteiger partial charge in [-0.1, -0.05) is 97.1 Å². The van der Waals surface area contributed by atoms with Crippen molar-refractivity contribution in [1.82, 2.24) is 4.57 Å². The summed E-state index contributed by atoms with van der Waals surface area (Å²) >= 11 is 0. The van der Waals surface area contributed by atoms with Crippen LogP contribution in [0, 0.1) is 0 Å². The van der Waals surface area contributed by atoms with Gasteiger partial charge in [-0.2, -0.15) is 0 Å². The molecule has 0 amide bonds. The lowest BCUT2D eigenvalue weighted by molar-refractivity contribution is 0.968. The topological polar surface area (TPSA) is 4.93 Å². The summed E-state index contributed by atoms with van der Waals surface area (Å²) in [5.41, 5.74) is 9.30. The van der Waals surface area contributed by atoms with Crippen LogP contribution in [-0.2, 0) is 0 Å². The number of aromatic nitrogens is 1. The normalized spacial score (nSPS) is 14.8. The molecule has 1 aliphatic rings. The van der Waals surface area contributed by atoms with Gasteiger partial charge in [-0.3, -0.25) is 0 Å². The fourth-order valence-corrected chi connectivity index (χ4v) is 4.77. The minimum absolute atomic E-state index is 0.236. The van der Waals surface area contributed by atoms with Crippen LogP contribution in [0.25, 0.3) is 27.7 Å². The first kappa shape index (κ1) is 15.5. The zero-order valence-corrected chi connectivity index (χ0v) is 15.4. The second-order valence-corrected chi connectivity index (χ2v) is 7.38. The van der Waals surface area contributed by atoms with Gasteiger partial charge in [-0.05, 0) is 28.8 Å². The van der Waals surface area contributed by atoms with Gasteiger partial charge in [-0.25, -0.2) is 0 Å². The Morgan fingerprint density at radius 3 is 2.04 bits per heavy atom. The van der Waals surface area contributed by atoms with E-state index in [2.05, 4.69) is 114 Å². The molecule has 0 saturated carbocycles. The minimum atomic E-state index is 0.236. The number of benzene rings is 4. The van der Waals surface area contributed by atoms with Crippen LogP contribution in [0.4, 0.5) is 0 Å². The minimum Gasteiger partial charge on any atom is -0.312 e. The molecule has 28 heavy (non-hydrogen) atoms. The molecular formula is C27H19N. The van der Waals surface area contributed by atoms with Crippen molar-refractivity contribution in [3.8, 4) is 16.8 Å². The van der Waals surface area contributed by atoms with Crippen molar-refractivity contribution in [2.24, 2.45) is 0 Å². The van der Waals surface area contributed by atoms with Crippen molar-refractivity contribution >= 4 is 10.9 Å². The van der Waals surface area contributed by atoms with Gasteiger partial charge < -0.3 is 4.57 Å². The number of fused-ring (bicyclic) bond motifs is 5. The Morgan fingerprint density at radius 2 is 1.21 bits per heavy atom. The van der Waals surface area contributed by atoms with Crippen molar-refractivity contribution in [2.45, 2.75) is 5.92 Å². The quantitative estimate of drug-likeness (QED) is 0.321. The molecule has 4 aromatic carbocycles. The molecule has 132 valence electrons. The molecule has 2 heterocycles. The summed E-state index contributed by atoms with van der Waals surface area (Å²) < 4.78 is 2.48. The average molecular weight is 357 g/mol. The Balaban J connectivity index is 1.79. The van der Waals surface area contributed by atoms with E-state index in [1.807, 2.05) is 0 Å². The van der Waals surface area contributed by atoms with Crippen molar-refractivity contribution in [3.63, 3.8) is 0 Å². The average Bonchev–Trinajstić information content (AvgIpc) is 3.27. The first-order valence-electron chi connectivity index (χ1n) is 9.76. The van der Waals surface area contributed by atoms with E-state index in [9.17, 15) is 0 Å². The molecule has 1 aliphatic heterocycles. The Morgan fingerprint density at radius 1 is 0.571 bits per heavy atom. The molecule has 0 bridgehead atoms. The maximum absolute atomic E-state index is 2.48. The molecule has 5 aromatic rings. The van der Waals surface area contributed by atoms with E-state index in [0.717, 1.165) is 0 Å². The van der Waals surface area contributed by atoms with Gasteiger partial charge in [0.15, 0.2) is 0 Å². The van der Waals surface area contributed by atoms with Gasteiger partial charge >= 0.3 is 0 Å². The summed E-state index contributed by atoms with van der Waals surface area (Å²) in [7, 11) is 0. The lowest BCUT2D eigenvalue weighted by Gasteiger charge is -2.15. The number of para-hydroxylation sites is 2. The zero-order chi connectivity index (χ0) is 18.5. The van der Waals surface area contributed by atoms with Crippen LogP contribution in [-0.4, -0.2) is 4.57 Å². The van der Waals surface area contributed by atoms with E-state index in [0.29, 0.717) is 0 Å². The maximum Gasteiger partial charge on any atom is 0.0538 e. The molecule has 1 nitrogen and oxygen atoms in total.